The number of nitrogens with one attached hydrogen (secondary N) is 1. The van der Waals surface area contributed by atoms with E-state index in [0.717, 1.165) is 12.0 Å². The minimum absolute atomic E-state index is 0.0653. The van der Waals surface area contributed by atoms with E-state index in [1.54, 1.807) is 12.1 Å². The Bertz CT molecular complexity index is 421. The van der Waals surface area contributed by atoms with Gasteiger partial charge in [-0.2, -0.15) is 0 Å². The van der Waals surface area contributed by atoms with E-state index in [0.29, 0.717) is 16.9 Å². The zero-order chi connectivity index (χ0) is 14.6. The molecule has 2 N–H and O–H groups in total. The summed E-state index contributed by atoms with van der Waals surface area (Å²) >= 11 is 3.19. The van der Waals surface area contributed by atoms with Crippen molar-refractivity contribution in [2.24, 2.45) is 5.92 Å². The highest BCUT2D eigenvalue weighted by Crippen LogP contribution is 2.22. The van der Waals surface area contributed by atoms with E-state index in [1.807, 2.05) is 13.8 Å². The molecule has 0 amide bonds. The molecule has 0 bridgehead atoms. The van der Waals surface area contributed by atoms with Crippen molar-refractivity contribution in [2.45, 2.75) is 45.8 Å². The van der Waals surface area contributed by atoms with E-state index < -0.39 is 5.60 Å². The first kappa shape index (κ1) is 16.6. The minimum atomic E-state index is -0.723. The summed E-state index contributed by atoms with van der Waals surface area (Å²) in [5.74, 6) is 0.190. The van der Waals surface area contributed by atoms with Crippen LogP contribution in [0.15, 0.2) is 22.7 Å². The van der Waals surface area contributed by atoms with Crippen LogP contribution in [-0.4, -0.2) is 17.3 Å². The summed E-state index contributed by atoms with van der Waals surface area (Å²) in [5.41, 5.74) is 0.272. The summed E-state index contributed by atoms with van der Waals surface area (Å²) in [6.45, 7) is 8.55. The SMILES string of the molecule is CC(C)CC(C)(O)CNC(C)c1ccc(F)c(Br)c1. The van der Waals surface area contributed by atoms with E-state index in [2.05, 4.69) is 35.1 Å². The van der Waals surface area contributed by atoms with Gasteiger partial charge in [0.05, 0.1) is 10.1 Å². The molecule has 1 rings (SSSR count). The molecule has 0 aliphatic heterocycles. The van der Waals surface area contributed by atoms with Crippen LogP contribution in [0.3, 0.4) is 0 Å². The summed E-state index contributed by atoms with van der Waals surface area (Å²) in [6, 6.07) is 5.04. The van der Waals surface area contributed by atoms with Gasteiger partial charge < -0.3 is 10.4 Å². The van der Waals surface area contributed by atoms with Crippen LogP contribution in [0.25, 0.3) is 0 Å². The zero-order valence-electron chi connectivity index (χ0n) is 12.0. The van der Waals surface area contributed by atoms with Gasteiger partial charge in [-0.05, 0) is 59.8 Å². The Kier molecular flexibility index (Phi) is 5.96. The van der Waals surface area contributed by atoms with Crippen molar-refractivity contribution < 1.29 is 9.50 Å². The van der Waals surface area contributed by atoms with Gasteiger partial charge in [-0.15, -0.1) is 0 Å². The molecule has 2 nitrogen and oxygen atoms in total. The molecule has 0 aromatic heterocycles. The maximum absolute atomic E-state index is 13.2. The van der Waals surface area contributed by atoms with Crippen LogP contribution in [0.2, 0.25) is 0 Å². The Morgan fingerprint density at radius 3 is 2.53 bits per heavy atom. The maximum atomic E-state index is 13.2. The third kappa shape index (κ3) is 5.59. The van der Waals surface area contributed by atoms with Gasteiger partial charge in [-0.1, -0.05) is 19.9 Å². The topological polar surface area (TPSA) is 32.3 Å². The fourth-order valence-electron chi connectivity index (χ4n) is 2.22. The smallest absolute Gasteiger partial charge is 0.137 e. The molecule has 19 heavy (non-hydrogen) atoms. The van der Waals surface area contributed by atoms with Gasteiger partial charge >= 0.3 is 0 Å². The van der Waals surface area contributed by atoms with Crippen molar-refractivity contribution >= 4 is 15.9 Å². The highest BCUT2D eigenvalue weighted by Gasteiger charge is 2.22. The molecule has 2 atom stereocenters. The lowest BCUT2D eigenvalue weighted by Crippen LogP contribution is -2.39. The van der Waals surface area contributed by atoms with Crippen molar-refractivity contribution in [3.05, 3.63) is 34.1 Å². The van der Waals surface area contributed by atoms with Crippen molar-refractivity contribution in [1.82, 2.24) is 5.32 Å². The van der Waals surface area contributed by atoms with E-state index >= 15 is 0 Å². The van der Waals surface area contributed by atoms with Crippen LogP contribution in [0.5, 0.6) is 0 Å². The molecular formula is C15H23BrFNO. The lowest BCUT2D eigenvalue weighted by molar-refractivity contribution is 0.0363. The molecular weight excluding hydrogens is 309 g/mol. The largest absolute Gasteiger partial charge is 0.389 e. The lowest BCUT2D eigenvalue weighted by Gasteiger charge is -2.27. The Labute approximate surface area is 123 Å². The van der Waals surface area contributed by atoms with Crippen molar-refractivity contribution in [3.8, 4) is 0 Å². The van der Waals surface area contributed by atoms with Gasteiger partial charge in [-0.3, -0.25) is 0 Å². The number of aliphatic hydroxyl groups is 1. The van der Waals surface area contributed by atoms with Gasteiger partial charge in [0, 0.05) is 12.6 Å². The van der Waals surface area contributed by atoms with Crippen LogP contribution in [0.1, 0.15) is 45.7 Å². The molecule has 1 aromatic rings. The molecule has 1 aromatic carbocycles. The predicted octanol–water partition coefficient (Wildman–Crippen LogP) is 4.04. The van der Waals surface area contributed by atoms with Crippen LogP contribution >= 0.6 is 15.9 Å². The fourth-order valence-corrected chi connectivity index (χ4v) is 2.62. The van der Waals surface area contributed by atoms with Crippen LogP contribution in [0.4, 0.5) is 4.39 Å². The third-order valence-electron chi connectivity index (χ3n) is 3.08. The molecule has 4 heteroatoms. The normalized spacial score (nSPS) is 16.4. The monoisotopic (exact) mass is 331 g/mol. The van der Waals surface area contributed by atoms with Gasteiger partial charge in [-0.25, -0.2) is 4.39 Å². The second-order valence-corrected chi connectivity index (χ2v) is 6.73. The number of hydrogen-bond donors (Lipinski definition) is 2. The number of hydrogen-bond acceptors (Lipinski definition) is 2. The van der Waals surface area contributed by atoms with Crippen molar-refractivity contribution in [3.63, 3.8) is 0 Å². The first-order valence-electron chi connectivity index (χ1n) is 6.62. The molecule has 0 radical (unpaired) electrons. The summed E-state index contributed by atoms with van der Waals surface area (Å²) in [7, 11) is 0. The van der Waals surface area contributed by atoms with E-state index in [-0.39, 0.29) is 11.9 Å². The van der Waals surface area contributed by atoms with Gasteiger partial charge in [0.1, 0.15) is 5.82 Å². The number of rotatable bonds is 6. The van der Waals surface area contributed by atoms with Gasteiger partial charge in [0.2, 0.25) is 0 Å². The van der Waals surface area contributed by atoms with Crippen LogP contribution in [-0.2, 0) is 0 Å². The fraction of sp³-hybridized carbons (Fsp3) is 0.600. The summed E-state index contributed by atoms with van der Waals surface area (Å²) < 4.78 is 13.6. The highest BCUT2D eigenvalue weighted by molar-refractivity contribution is 9.10. The number of benzene rings is 1. The van der Waals surface area contributed by atoms with Crippen LogP contribution < -0.4 is 5.32 Å². The zero-order valence-corrected chi connectivity index (χ0v) is 13.6. The Hall–Kier alpha value is -0.450. The summed E-state index contributed by atoms with van der Waals surface area (Å²) in [6.07, 6.45) is 0.750. The molecule has 0 heterocycles. The predicted molar refractivity (Wildman–Crippen MR) is 80.6 cm³/mol. The summed E-state index contributed by atoms with van der Waals surface area (Å²) in [4.78, 5) is 0. The molecule has 0 saturated carbocycles. The Morgan fingerprint density at radius 2 is 2.00 bits per heavy atom. The molecule has 0 saturated heterocycles. The molecule has 2 unspecified atom stereocenters. The third-order valence-corrected chi connectivity index (χ3v) is 3.69. The molecule has 0 spiro atoms. The molecule has 0 fully saturated rings. The van der Waals surface area contributed by atoms with E-state index in [4.69, 9.17) is 0 Å². The van der Waals surface area contributed by atoms with E-state index in [1.165, 1.54) is 6.07 Å². The van der Waals surface area contributed by atoms with E-state index in [9.17, 15) is 9.50 Å². The average molecular weight is 332 g/mol. The average Bonchev–Trinajstić information content (AvgIpc) is 2.28. The highest BCUT2D eigenvalue weighted by atomic mass is 79.9. The van der Waals surface area contributed by atoms with Crippen LogP contribution in [0, 0.1) is 11.7 Å². The minimum Gasteiger partial charge on any atom is -0.389 e. The second-order valence-electron chi connectivity index (χ2n) is 5.87. The second kappa shape index (κ2) is 6.82. The Balaban J connectivity index is 2.59. The van der Waals surface area contributed by atoms with Crippen molar-refractivity contribution in [2.75, 3.05) is 6.54 Å². The molecule has 0 aliphatic carbocycles. The first-order valence-corrected chi connectivity index (χ1v) is 7.41. The quantitative estimate of drug-likeness (QED) is 0.824. The summed E-state index contributed by atoms with van der Waals surface area (Å²) in [5, 5.41) is 13.5. The van der Waals surface area contributed by atoms with Gasteiger partial charge in [0.15, 0.2) is 0 Å². The maximum Gasteiger partial charge on any atom is 0.137 e. The Morgan fingerprint density at radius 1 is 1.37 bits per heavy atom. The van der Waals surface area contributed by atoms with Gasteiger partial charge in [0.25, 0.3) is 0 Å². The molecule has 108 valence electrons. The lowest BCUT2D eigenvalue weighted by atomic mass is 9.94. The number of halogens is 2. The first-order chi connectivity index (χ1) is 8.71. The standard InChI is InChI=1S/C15H23BrFNO/c1-10(2)8-15(4,19)9-18-11(3)12-5-6-14(17)13(16)7-12/h5-7,10-11,18-19H,8-9H2,1-4H3. The van der Waals surface area contributed by atoms with Crippen molar-refractivity contribution in [1.29, 1.82) is 0 Å². The molecule has 0 aliphatic rings.